The Morgan fingerprint density at radius 2 is 1.96 bits per heavy atom. The maximum Gasteiger partial charge on any atom is 0.234 e. The Morgan fingerprint density at radius 1 is 1.26 bits per heavy atom. The van der Waals surface area contributed by atoms with E-state index in [1.807, 2.05) is 18.2 Å². The number of rotatable bonds is 8. The monoisotopic (exact) mass is 319 g/mol. The first-order chi connectivity index (χ1) is 11.1. The quantitative estimate of drug-likeness (QED) is 0.785. The lowest BCUT2D eigenvalue weighted by Crippen LogP contribution is -2.44. The Labute approximate surface area is 139 Å². The van der Waals surface area contributed by atoms with Crippen LogP contribution in [0.5, 0.6) is 0 Å². The van der Waals surface area contributed by atoms with Crippen molar-refractivity contribution in [3.8, 4) is 0 Å². The Balaban J connectivity index is 1.72. The second-order valence-electron chi connectivity index (χ2n) is 6.29. The lowest BCUT2D eigenvalue weighted by atomic mass is 10.2. The van der Waals surface area contributed by atoms with Crippen molar-refractivity contribution in [2.45, 2.75) is 26.4 Å². The minimum atomic E-state index is 0.0999. The fourth-order valence-corrected chi connectivity index (χ4v) is 2.66. The molecule has 23 heavy (non-hydrogen) atoms. The predicted molar refractivity (Wildman–Crippen MR) is 92.3 cm³/mol. The van der Waals surface area contributed by atoms with Crippen molar-refractivity contribution in [1.82, 2.24) is 15.1 Å². The number of ether oxygens (including phenoxy) is 1. The van der Waals surface area contributed by atoms with Crippen LogP contribution in [-0.4, -0.2) is 67.7 Å². The summed E-state index contributed by atoms with van der Waals surface area (Å²) < 4.78 is 5.33. The number of nitrogens with one attached hydrogen (secondary N) is 1. The zero-order valence-electron chi connectivity index (χ0n) is 14.3. The van der Waals surface area contributed by atoms with Crippen LogP contribution in [0.4, 0.5) is 0 Å². The van der Waals surface area contributed by atoms with E-state index in [9.17, 15) is 4.79 Å². The number of morpholine rings is 1. The standard InChI is InChI=1S/C18H29N3O2/c1-16(2)21(14-17-6-4-3-5-7-17)15-18(22)19-8-9-20-10-12-23-13-11-20/h3-7,16H,8-15H2,1-2H3,(H,19,22). The van der Waals surface area contributed by atoms with Gasteiger partial charge < -0.3 is 10.1 Å². The van der Waals surface area contributed by atoms with Crippen LogP contribution in [-0.2, 0) is 16.1 Å². The van der Waals surface area contributed by atoms with Crippen LogP contribution >= 0.6 is 0 Å². The Morgan fingerprint density at radius 3 is 2.61 bits per heavy atom. The van der Waals surface area contributed by atoms with E-state index in [4.69, 9.17) is 4.74 Å². The van der Waals surface area contributed by atoms with Crippen molar-refractivity contribution >= 4 is 5.91 Å². The molecule has 0 aliphatic carbocycles. The first kappa shape index (κ1) is 17.9. The van der Waals surface area contributed by atoms with Gasteiger partial charge in [0.2, 0.25) is 5.91 Å². The number of carbonyl (C=O) groups excluding carboxylic acids is 1. The fourth-order valence-electron chi connectivity index (χ4n) is 2.66. The van der Waals surface area contributed by atoms with Crippen molar-refractivity contribution in [2.24, 2.45) is 0 Å². The van der Waals surface area contributed by atoms with Crippen molar-refractivity contribution in [3.63, 3.8) is 0 Å². The van der Waals surface area contributed by atoms with Gasteiger partial charge >= 0.3 is 0 Å². The fraction of sp³-hybridized carbons (Fsp3) is 0.611. The van der Waals surface area contributed by atoms with E-state index in [0.717, 1.165) is 39.4 Å². The third-order valence-corrected chi connectivity index (χ3v) is 4.16. The minimum absolute atomic E-state index is 0.0999. The molecule has 5 nitrogen and oxygen atoms in total. The lowest BCUT2D eigenvalue weighted by molar-refractivity contribution is -0.122. The van der Waals surface area contributed by atoms with Gasteiger partial charge in [-0.2, -0.15) is 0 Å². The Bertz CT molecular complexity index is 459. The van der Waals surface area contributed by atoms with Crippen molar-refractivity contribution in [3.05, 3.63) is 35.9 Å². The van der Waals surface area contributed by atoms with E-state index in [2.05, 4.69) is 41.1 Å². The molecule has 0 aromatic heterocycles. The van der Waals surface area contributed by atoms with Gasteiger partial charge in [0.05, 0.1) is 19.8 Å². The zero-order chi connectivity index (χ0) is 16.5. The molecule has 1 aromatic rings. The summed E-state index contributed by atoms with van der Waals surface area (Å²) in [5, 5.41) is 3.04. The highest BCUT2D eigenvalue weighted by molar-refractivity contribution is 5.78. The van der Waals surface area contributed by atoms with E-state index in [-0.39, 0.29) is 5.91 Å². The van der Waals surface area contributed by atoms with Crippen LogP contribution in [0.25, 0.3) is 0 Å². The molecule has 2 rings (SSSR count). The molecule has 1 aromatic carbocycles. The maximum absolute atomic E-state index is 12.2. The molecule has 0 saturated carbocycles. The third kappa shape index (κ3) is 6.69. The summed E-state index contributed by atoms with van der Waals surface area (Å²) in [4.78, 5) is 16.7. The number of hydrogen-bond donors (Lipinski definition) is 1. The second-order valence-corrected chi connectivity index (χ2v) is 6.29. The molecule has 0 bridgehead atoms. The van der Waals surface area contributed by atoms with Gasteiger partial charge in [-0.1, -0.05) is 30.3 Å². The molecule has 0 spiro atoms. The minimum Gasteiger partial charge on any atom is -0.379 e. The summed E-state index contributed by atoms with van der Waals surface area (Å²) in [6, 6.07) is 10.6. The summed E-state index contributed by atoms with van der Waals surface area (Å²) >= 11 is 0. The summed E-state index contributed by atoms with van der Waals surface area (Å²) in [5.74, 6) is 0.0999. The third-order valence-electron chi connectivity index (χ3n) is 4.16. The van der Waals surface area contributed by atoms with Gasteiger partial charge in [0.25, 0.3) is 0 Å². The molecule has 1 heterocycles. The SMILES string of the molecule is CC(C)N(CC(=O)NCCN1CCOCC1)Cc1ccccc1. The molecular weight excluding hydrogens is 290 g/mol. The largest absolute Gasteiger partial charge is 0.379 e. The van der Waals surface area contributed by atoms with Crippen LogP contribution in [0.3, 0.4) is 0 Å². The van der Waals surface area contributed by atoms with Crippen molar-refractivity contribution in [1.29, 1.82) is 0 Å². The number of nitrogens with zero attached hydrogens (tertiary/aromatic N) is 2. The molecule has 1 N–H and O–H groups in total. The number of hydrogen-bond acceptors (Lipinski definition) is 4. The molecule has 1 saturated heterocycles. The summed E-state index contributed by atoms with van der Waals surface area (Å²) in [6.45, 7) is 10.6. The first-order valence-electron chi connectivity index (χ1n) is 8.50. The summed E-state index contributed by atoms with van der Waals surface area (Å²) in [7, 11) is 0. The maximum atomic E-state index is 12.2. The highest BCUT2D eigenvalue weighted by atomic mass is 16.5. The molecule has 128 valence electrons. The summed E-state index contributed by atoms with van der Waals surface area (Å²) in [6.07, 6.45) is 0. The van der Waals surface area contributed by atoms with Gasteiger partial charge in [-0.25, -0.2) is 0 Å². The Kier molecular flexibility index (Phi) is 7.52. The number of amides is 1. The smallest absolute Gasteiger partial charge is 0.234 e. The molecular formula is C18H29N3O2. The Hall–Kier alpha value is -1.43. The number of carbonyl (C=O) groups is 1. The van der Waals surface area contributed by atoms with Gasteiger partial charge in [-0.05, 0) is 19.4 Å². The van der Waals surface area contributed by atoms with Crippen LogP contribution < -0.4 is 5.32 Å². The zero-order valence-corrected chi connectivity index (χ0v) is 14.3. The molecule has 1 amide bonds. The van der Waals surface area contributed by atoms with Crippen LogP contribution in [0.15, 0.2) is 30.3 Å². The average Bonchev–Trinajstić information content (AvgIpc) is 2.56. The van der Waals surface area contributed by atoms with E-state index >= 15 is 0 Å². The van der Waals surface area contributed by atoms with Crippen molar-refractivity contribution in [2.75, 3.05) is 45.9 Å². The van der Waals surface area contributed by atoms with Gasteiger partial charge in [-0.15, -0.1) is 0 Å². The highest BCUT2D eigenvalue weighted by Crippen LogP contribution is 2.07. The van der Waals surface area contributed by atoms with Gasteiger partial charge in [0.15, 0.2) is 0 Å². The normalized spacial score (nSPS) is 16.0. The highest BCUT2D eigenvalue weighted by Gasteiger charge is 2.15. The van der Waals surface area contributed by atoms with Crippen LogP contribution in [0.2, 0.25) is 0 Å². The average molecular weight is 319 g/mol. The molecule has 1 fully saturated rings. The number of benzene rings is 1. The summed E-state index contributed by atoms with van der Waals surface area (Å²) in [5.41, 5.74) is 1.24. The van der Waals surface area contributed by atoms with E-state index < -0.39 is 0 Å². The van der Waals surface area contributed by atoms with Gasteiger partial charge in [0, 0.05) is 38.8 Å². The van der Waals surface area contributed by atoms with Gasteiger partial charge in [-0.3, -0.25) is 14.6 Å². The molecule has 0 radical (unpaired) electrons. The molecule has 1 aliphatic heterocycles. The second kappa shape index (κ2) is 9.65. The van der Waals surface area contributed by atoms with Gasteiger partial charge in [0.1, 0.15) is 0 Å². The van der Waals surface area contributed by atoms with E-state index in [1.54, 1.807) is 0 Å². The molecule has 0 atom stereocenters. The molecule has 5 heteroatoms. The van der Waals surface area contributed by atoms with E-state index in [1.165, 1.54) is 5.56 Å². The first-order valence-corrected chi connectivity index (χ1v) is 8.50. The molecule has 0 unspecified atom stereocenters. The van der Waals surface area contributed by atoms with Crippen LogP contribution in [0, 0.1) is 0 Å². The predicted octanol–water partition coefficient (Wildman–Crippen LogP) is 1.35. The van der Waals surface area contributed by atoms with E-state index in [0.29, 0.717) is 19.1 Å². The lowest BCUT2D eigenvalue weighted by Gasteiger charge is -2.28. The van der Waals surface area contributed by atoms with Crippen LogP contribution in [0.1, 0.15) is 19.4 Å². The molecule has 1 aliphatic rings. The topological polar surface area (TPSA) is 44.8 Å². The van der Waals surface area contributed by atoms with Crippen molar-refractivity contribution < 1.29 is 9.53 Å².